The molecule has 0 unspecified atom stereocenters. The molecule has 0 aliphatic carbocycles. The Morgan fingerprint density at radius 1 is 1.35 bits per heavy atom. The minimum atomic E-state index is 0.151. The van der Waals surface area contributed by atoms with Gasteiger partial charge in [0.1, 0.15) is 0 Å². The number of aliphatic imine (C=N–C) groups is 1. The van der Waals surface area contributed by atoms with Gasteiger partial charge in [-0.25, -0.2) is 0 Å². The van der Waals surface area contributed by atoms with E-state index in [2.05, 4.69) is 57.0 Å². The number of hydrogen-bond acceptors (Lipinski definition) is 5. The predicted molar refractivity (Wildman–Crippen MR) is 111 cm³/mol. The van der Waals surface area contributed by atoms with Crippen molar-refractivity contribution >= 4 is 22.3 Å². The Bertz CT molecular complexity index is 560. The molecule has 0 aromatic carbocycles. The molecular weight excluding hydrogens is 346 g/mol. The molecule has 2 fully saturated rings. The van der Waals surface area contributed by atoms with Gasteiger partial charge in [-0.3, -0.25) is 4.99 Å². The second-order valence-electron chi connectivity index (χ2n) is 7.51. The van der Waals surface area contributed by atoms with Crippen molar-refractivity contribution in [3.8, 4) is 0 Å². The molecule has 2 aliphatic rings. The summed E-state index contributed by atoms with van der Waals surface area (Å²) in [5.74, 6) is 0.923. The molecule has 0 saturated carbocycles. The number of likely N-dealkylation sites (N-methyl/N-ethyl adjacent to an activating group) is 1. The summed E-state index contributed by atoms with van der Waals surface area (Å²) in [6.45, 7) is 4.79. The second-order valence-corrected chi connectivity index (χ2v) is 8.44. The topological polar surface area (TPSA) is 52.1 Å². The van der Waals surface area contributed by atoms with E-state index in [9.17, 15) is 0 Å². The zero-order valence-electron chi connectivity index (χ0n) is 16.3. The monoisotopic (exact) mass is 379 g/mol. The number of nitrogens with zero attached hydrogens (tertiary/aromatic N) is 3. The first-order valence-corrected chi connectivity index (χ1v) is 10.5. The zero-order chi connectivity index (χ0) is 18.4. The summed E-state index contributed by atoms with van der Waals surface area (Å²) in [6, 6.07) is 4.84. The average molecular weight is 380 g/mol. The largest absolute Gasteiger partial charge is 0.381 e. The maximum Gasteiger partial charge on any atom is 0.191 e. The van der Waals surface area contributed by atoms with Crippen molar-refractivity contribution in [2.45, 2.75) is 37.3 Å². The summed E-state index contributed by atoms with van der Waals surface area (Å²) in [5, 5.41) is 10.8. The number of rotatable bonds is 5. The van der Waals surface area contributed by atoms with Gasteiger partial charge >= 0.3 is 0 Å². The Morgan fingerprint density at radius 3 is 2.65 bits per heavy atom. The van der Waals surface area contributed by atoms with Crippen molar-refractivity contribution in [3.63, 3.8) is 0 Å². The van der Waals surface area contributed by atoms with Gasteiger partial charge in [0.05, 0.1) is 5.00 Å². The quantitative estimate of drug-likeness (QED) is 0.605. The number of guanidine groups is 1. The van der Waals surface area contributed by atoms with Gasteiger partial charge in [-0.15, -0.1) is 11.3 Å². The minimum absolute atomic E-state index is 0.151. The lowest BCUT2D eigenvalue weighted by atomic mass is 9.88. The first kappa shape index (κ1) is 19.5. The number of hydrogen-bond donors (Lipinski definition) is 2. The van der Waals surface area contributed by atoms with E-state index in [0.29, 0.717) is 6.04 Å². The Labute approximate surface area is 161 Å². The van der Waals surface area contributed by atoms with Crippen LogP contribution < -0.4 is 15.5 Å². The lowest BCUT2D eigenvalue weighted by molar-refractivity contribution is -0.00503. The molecule has 1 aromatic heterocycles. The van der Waals surface area contributed by atoms with Crippen LogP contribution in [0, 0.1) is 0 Å². The number of anilines is 1. The van der Waals surface area contributed by atoms with Crippen LogP contribution in [-0.2, 0) is 4.74 Å². The van der Waals surface area contributed by atoms with E-state index in [0.717, 1.165) is 64.5 Å². The Balaban J connectivity index is 1.47. The van der Waals surface area contributed by atoms with Crippen molar-refractivity contribution in [1.82, 2.24) is 15.5 Å². The van der Waals surface area contributed by atoms with Gasteiger partial charge in [0, 0.05) is 51.5 Å². The van der Waals surface area contributed by atoms with Crippen molar-refractivity contribution in [3.05, 3.63) is 17.5 Å². The predicted octanol–water partition coefficient (Wildman–Crippen LogP) is 1.99. The zero-order valence-corrected chi connectivity index (χ0v) is 17.1. The van der Waals surface area contributed by atoms with Gasteiger partial charge in [0.15, 0.2) is 5.96 Å². The number of thiophene rings is 1. The Hall–Kier alpha value is -1.31. The molecule has 3 rings (SSSR count). The molecule has 26 heavy (non-hydrogen) atoms. The Kier molecular flexibility index (Phi) is 6.78. The van der Waals surface area contributed by atoms with Gasteiger partial charge in [-0.1, -0.05) is 0 Å². The summed E-state index contributed by atoms with van der Waals surface area (Å²) >= 11 is 1.83. The number of ether oxygens (including phenoxy) is 1. The maximum atomic E-state index is 5.57. The van der Waals surface area contributed by atoms with Crippen LogP contribution in [0.5, 0.6) is 0 Å². The highest BCUT2D eigenvalue weighted by molar-refractivity contribution is 7.14. The van der Waals surface area contributed by atoms with Gasteiger partial charge in [0.2, 0.25) is 0 Å². The third-order valence-electron chi connectivity index (χ3n) is 5.83. The standard InChI is InChI=1S/C19H33N5OS/c1-20-18(21-15-19(23(2)3)8-12-25-13-9-19)22-16-6-10-24(11-7-16)17-5-4-14-26-17/h4-5,14,16H,6-13,15H2,1-3H3,(H2,20,21,22). The molecule has 2 aliphatic heterocycles. The van der Waals surface area contributed by atoms with Crippen LogP contribution in [0.1, 0.15) is 25.7 Å². The van der Waals surface area contributed by atoms with E-state index in [1.54, 1.807) is 0 Å². The lowest BCUT2D eigenvalue weighted by Crippen LogP contribution is -2.58. The molecule has 0 spiro atoms. The molecule has 7 heteroatoms. The molecule has 6 nitrogen and oxygen atoms in total. The molecule has 1 aromatic rings. The fourth-order valence-electron chi connectivity index (χ4n) is 3.86. The minimum Gasteiger partial charge on any atom is -0.381 e. The van der Waals surface area contributed by atoms with Gasteiger partial charge in [-0.05, 0) is 57.3 Å². The van der Waals surface area contributed by atoms with Gasteiger partial charge in [0.25, 0.3) is 0 Å². The lowest BCUT2D eigenvalue weighted by Gasteiger charge is -2.43. The van der Waals surface area contributed by atoms with Crippen LogP contribution in [0.15, 0.2) is 22.5 Å². The van der Waals surface area contributed by atoms with E-state index < -0.39 is 0 Å². The van der Waals surface area contributed by atoms with Crippen molar-refractivity contribution in [1.29, 1.82) is 0 Å². The molecule has 146 valence electrons. The van der Waals surface area contributed by atoms with E-state index in [1.165, 1.54) is 5.00 Å². The summed E-state index contributed by atoms with van der Waals surface area (Å²) in [5.41, 5.74) is 0.151. The van der Waals surface area contributed by atoms with Crippen LogP contribution in [-0.4, -0.2) is 76.4 Å². The molecule has 0 atom stereocenters. The number of nitrogens with one attached hydrogen (secondary N) is 2. The van der Waals surface area contributed by atoms with Crippen molar-refractivity contribution in [2.75, 3.05) is 58.9 Å². The van der Waals surface area contributed by atoms with Crippen molar-refractivity contribution in [2.24, 2.45) is 4.99 Å². The average Bonchev–Trinajstić information content (AvgIpc) is 3.21. The summed E-state index contributed by atoms with van der Waals surface area (Å²) in [6.07, 6.45) is 4.41. The maximum absolute atomic E-state index is 5.57. The second kappa shape index (κ2) is 9.06. The highest BCUT2D eigenvalue weighted by Crippen LogP contribution is 2.26. The van der Waals surface area contributed by atoms with Crippen LogP contribution in [0.4, 0.5) is 5.00 Å². The fourth-order valence-corrected chi connectivity index (χ4v) is 4.65. The normalized spacial score (nSPS) is 21.8. The summed E-state index contributed by atoms with van der Waals surface area (Å²) in [7, 11) is 6.20. The van der Waals surface area contributed by atoms with E-state index >= 15 is 0 Å². The molecule has 2 saturated heterocycles. The fraction of sp³-hybridized carbons (Fsp3) is 0.737. The third-order valence-corrected chi connectivity index (χ3v) is 6.76. The molecular formula is C19H33N5OS. The van der Waals surface area contributed by atoms with Crippen LogP contribution >= 0.6 is 11.3 Å². The molecule has 3 heterocycles. The molecule has 0 bridgehead atoms. The first-order valence-electron chi connectivity index (χ1n) is 9.64. The SMILES string of the molecule is CN=C(NCC1(N(C)C)CCOCC1)NC1CCN(c2cccs2)CC1. The highest BCUT2D eigenvalue weighted by Gasteiger charge is 2.35. The van der Waals surface area contributed by atoms with Gasteiger partial charge in [-0.2, -0.15) is 0 Å². The van der Waals surface area contributed by atoms with Crippen LogP contribution in [0.3, 0.4) is 0 Å². The van der Waals surface area contributed by atoms with Crippen LogP contribution in [0.25, 0.3) is 0 Å². The number of piperidine rings is 1. The van der Waals surface area contributed by atoms with E-state index in [-0.39, 0.29) is 5.54 Å². The molecule has 2 N–H and O–H groups in total. The summed E-state index contributed by atoms with van der Waals surface area (Å²) < 4.78 is 5.57. The molecule has 0 radical (unpaired) electrons. The van der Waals surface area contributed by atoms with Gasteiger partial charge < -0.3 is 25.2 Å². The highest BCUT2D eigenvalue weighted by atomic mass is 32.1. The van der Waals surface area contributed by atoms with Crippen LogP contribution in [0.2, 0.25) is 0 Å². The molecule has 0 amide bonds. The first-order chi connectivity index (χ1) is 12.6. The summed E-state index contributed by atoms with van der Waals surface area (Å²) in [4.78, 5) is 9.29. The van der Waals surface area contributed by atoms with E-state index in [1.807, 2.05) is 18.4 Å². The van der Waals surface area contributed by atoms with Crippen molar-refractivity contribution < 1.29 is 4.74 Å². The third kappa shape index (κ3) is 4.69. The Morgan fingerprint density at radius 2 is 2.08 bits per heavy atom. The smallest absolute Gasteiger partial charge is 0.191 e. The van der Waals surface area contributed by atoms with E-state index in [4.69, 9.17) is 4.74 Å².